The van der Waals surface area contributed by atoms with Crippen molar-refractivity contribution in [2.45, 2.75) is 32.6 Å². The molecule has 1 N–H and O–H groups in total. The standard InChI is InChI=1S/C14H23ClN2O2S/c1-2-3-4-5-6-7-8-9-10-13-16-17-20(18,19)14-11-12-15/h4-5,7-10,13,17H,2-3,6,11-12,14H2,1H3/b5-4+,8-7+,10-9+,16-13+. The van der Waals surface area contributed by atoms with Gasteiger partial charge < -0.3 is 0 Å². The van der Waals surface area contributed by atoms with Crippen molar-refractivity contribution in [2.24, 2.45) is 5.10 Å². The van der Waals surface area contributed by atoms with Crippen LogP contribution in [-0.4, -0.2) is 26.3 Å². The average Bonchev–Trinajstić information content (AvgIpc) is 2.42. The number of hydrazone groups is 1. The van der Waals surface area contributed by atoms with Gasteiger partial charge in [-0.15, -0.1) is 11.6 Å². The molecule has 0 aliphatic carbocycles. The smallest absolute Gasteiger partial charge is 0.205 e. The molecule has 0 spiro atoms. The predicted octanol–water partition coefficient (Wildman–Crippen LogP) is 3.38. The van der Waals surface area contributed by atoms with Gasteiger partial charge in [-0.05, 0) is 25.3 Å². The Morgan fingerprint density at radius 2 is 1.95 bits per heavy atom. The van der Waals surface area contributed by atoms with Gasteiger partial charge in [0.05, 0.1) is 5.75 Å². The summed E-state index contributed by atoms with van der Waals surface area (Å²) < 4.78 is 22.6. The number of nitrogens with zero attached hydrogens (tertiary/aromatic N) is 1. The second kappa shape index (κ2) is 12.9. The maximum atomic E-state index is 11.3. The van der Waals surface area contributed by atoms with Gasteiger partial charge >= 0.3 is 0 Å². The van der Waals surface area contributed by atoms with Crippen LogP contribution in [0.1, 0.15) is 32.6 Å². The first-order valence-electron chi connectivity index (χ1n) is 6.67. The minimum Gasteiger partial charge on any atom is -0.205 e. The number of alkyl halides is 1. The van der Waals surface area contributed by atoms with Crippen LogP contribution in [0.15, 0.2) is 41.6 Å². The highest BCUT2D eigenvalue weighted by molar-refractivity contribution is 7.89. The van der Waals surface area contributed by atoms with Crippen LogP contribution in [0.4, 0.5) is 0 Å². The Balaban J connectivity index is 3.84. The Morgan fingerprint density at radius 1 is 1.15 bits per heavy atom. The molecule has 114 valence electrons. The van der Waals surface area contributed by atoms with Crippen molar-refractivity contribution in [1.82, 2.24) is 4.83 Å². The van der Waals surface area contributed by atoms with Crippen LogP contribution in [0.25, 0.3) is 0 Å². The largest absolute Gasteiger partial charge is 0.247 e. The number of unbranched alkanes of at least 4 members (excludes halogenated alkanes) is 1. The average molecular weight is 319 g/mol. The van der Waals surface area contributed by atoms with Crippen LogP contribution in [0.3, 0.4) is 0 Å². The molecule has 6 heteroatoms. The number of allylic oxidation sites excluding steroid dienone is 6. The second-order valence-corrected chi connectivity index (χ2v) is 6.24. The highest BCUT2D eigenvalue weighted by Gasteiger charge is 2.06. The molecule has 20 heavy (non-hydrogen) atoms. The molecular weight excluding hydrogens is 296 g/mol. The van der Waals surface area contributed by atoms with E-state index in [4.69, 9.17) is 11.6 Å². The monoisotopic (exact) mass is 318 g/mol. The summed E-state index contributed by atoms with van der Waals surface area (Å²) in [5.74, 6) is 0.309. The Morgan fingerprint density at radius 3 is 2.65 bits per heavy atom. The van der Waals surface area contributed by atoms with Gasteiger partial charge in [0, 0.05) is 12.1 Å². The second-order valence-electron chi connectivity index (χ2n) is 4.04. The van der Waals surface area contributed by atoms with Gasteiger partial charge in [0.1, 0.15) is 0 Å². The van der Waals surface area contributed by atoms with Crippen LogP contribution in [0, 0.1) is 0 Å². The zero-order chi connectivity index (χ0) is 15.1. The van der Waals surface area contributed by atoms with E-state index in [1.54, 1.807) is 12.2 Å². The SMILES string of the molecule is CCC/C=C/C/C=C/C=C/C=N/NS(=O)(=O)CCCCl. The lowest BCUT2D eigenvalue weighted by Crippen LogP contribution is -2.21. The van der Waals surface area contributed by atoms with E-state index in [2.05, 4.69) is 29.0 Å². The van der Waals surface area contributed by atoms with Crippen LogP contribution < -0.4 is 4.83 Å². The summed E-state index contributed by atoms with van der Waals surface area (Å²) in [5.41, 5.74) is 0. The molecule has 0 saturated carbocycles. The first-order valence-corrected chi connectivity index (χ1v) is 8.86. The van der Waals surface area contributed by atoms with Crippen molar-refractivity contribution in [3.05, 3.63) is 36.5 Å². The fraction of sp³-hybridized carbons (Fsp3) is 0.500. The fourth-order valence-electron chi connectivity index (χ4n) is 1.17. The van der Waals surface area contributed by atoms with E-state index in [1.165, 1.54) is 6.21 Å². The van der Waals surface area contributed by atoms with Gasteiger partial charge in [-0.25, -0.2) is 13.2 Å². The molecule has 0 atom stereocenters. The molecule has 0 unspecified atom stereocenters. The van der Waals surface area contributed by atoms with E-state index in [0.717, 1.165) is 19.3 Å². The van der Waals surface area contributed by atoms with Crippen molar-refractivity contribution in [3.8, 4) is 0 Å². The van der Waals surface area contributed by atoms with Gasteiger partial charge in [-0.1, -0.05) is 43.7 Å². The molecule has 0 heterocycles. The third kappa shape index (κ3) is 13.4. The summed E-state index contributed by atoms with van der Waals surface area (Å²) in [6.45, 7) is 2.15. The molecule has 0 aliphatic heterocycles. The molecular formula is C14H23ClN2O2S. The van der Waals surface area contributed by atoms with Crippen LogP contribution >= 0.6 is 11.6 Å². The predicted molar refractivity (Wildman–Crippen MR) is 87.7 cm³/mol. The van der Waals surface area contributed by atoms with Gasteiger partial charge in [-0.2, -0.15) is 5.10 Å². The number of nitrogens with one attached hydrogen (secondary N) is 1. The number of hydrogen-bond acceptors (Lipinski definition) is 3. The summed E-state index contributed by atoms with van der Waals surface area (Å²) in [6.07, 6.45) is 16.6. The molecule has 0 aromatic rings. The van der Waals surface area contributed by atoms with E-state index in [-0.39, 0.29) is 5.75 Å². The molecule has 0 aliphatic rings. The van der Waals surface area contributed by atoms with Gasteiger partial charge in [0.25, 0.3) is 0 Å². The quantitative estimate of drug-likeness (QED) is 0.209. The zero-order valence-corrected chi connectivity index (χ0v) is 13.4. The minimum absolute atomic E-state index is 0.0123. The van der Waals surface area contributed by atoms with Crippen LogP contribution in [0.2, 0.25) is 0 Å². The molecule has 0 fully saturated rings. The molecule has 0 aromatic carbocycles. The molecule has 0 aromatic heterocycles. The zero-order valence-electron chi connectivity index (χ0n) is 11.8. The fourth-order valence-corrected chi connectivity index (χ4v) is 2.30. The lowest BCUT2D eigenvalue weighted by Gasteiger charge is -1.99. The van der Waals surface area contributed by atoms with E-state index in [1.807, 2.05) is 12.2 Å². The molecule has 4 nitrogen and oxygen atoms in total. The number of sulfonamides is 1. The Kier molecular flexibility index (Phi) is 12.2. The summed E-state index contributed by atoms with van der Waals surface area (Å²) in [5, 5.41) is 3.61. The number of hydrogen-bond donors (Lipinski definition) is 1. The number of halogens is 1. The summed E-state index contributed by atoms with van der Waals surface area (Å²) in [7, 11) is -3.35. The highest BCUT2D eigenvalue weighted by atomic mass is 35.5. The summed E-state index contributed by atoms with van der Waals surface area (Å²) in [4.78, 5) is 2.12. The van der Waals surface area contributed by atoms with Crippen molar-refractivity contribution >= 4 is 27.8 Å². The first-order chi connectivity index (χ1) is 9.62. The first kappa shape index (κ1) is 18.9. The van der Waals surface area contributed by atoms with Crippen molar-refractivity contribution < 1.29 is 8.42 Å². The Bertz CT molecular complexity index is 440. The number of rotatable bonds is 11. The Labute approximate surface area is 127 Å². The van der Waals surface area contributed by atoms with Gasteiger partial charge in [0.15, 0.2) is 0 Å². The third-order valence-electron chi connectivity index (χ3n) is 2.15. The maximum Gasteiger partial charge on any atom is 0.247 e. The molecule has 0 radical (unpaired) electrons. The Hall–Kier alpha value is -1.07. The lowest BCUT2D eigenvalue weighted by atomic mass is 10.2. The highest BCUT2D eigenvalue weighted by Crippen LogP contribution is 1.93. The third-order valence-corrected chi connectivity index (χ3v) is 3.63. The van der Waals surface area contributed by atoms with Crippen molar-refractivity contribution in [3.63, 3.8) is 0 Å². The van der Waals surface area contributed by atoms with Gasteiger partial charge in [0.2, 0.25) is 10.0 Å². The van der Waals surface area contributed by atoms with E-state index in [9.17, 15) is 8.42 Å². The maximum absolute atomic E-state index is 11.3. The topological polar surface area (TPSA) is 58.5 Å². The molecule has 0 amide bonds. The molecule has 0 rings (SSSR count). The lowest BCUT2D eigenvalue weighted by molar-refractivity contribution is 0.583. The molecule has 0 bridgehead atoms. The minimum atomic E-state index is -3.35. The summed E-state index contributed by atoms with van der Waals surface area (Å²) in [6, 6.07) is 0. The van der Waals surface area contributed by atoms with Gasteiger partial charge in [-0.3, -0.25) is 0 Å². The summed E-state index contributed by atoms with van der Waals surface area (Å²) >= 11 is 5.43. The van der Waals surface area contributed by atoms with Crippen LogP contribution in [0.5, 0.6) is 0 Å². The van der Waals surface area contributed by atoms with Crippen molar-refractivity contribution in [1.29, 1.82) is 0 Å². The van der Waals surface area contributed by atoms with Crippen LogP contribution in [-0.2, 0) is 10.0 Å². The van der Waals surface area contributed by atoms with E-state index < -0.39 is 10.0 Å². The normalized spacial score (nSPS) is 13.3. The molecule has 0 saturated heterocycles. The van der Waals surface area contributed by atoms with E-state index in [0.29, 0.717) is 12.3 Å². The van der Waals surface area contributed by atoms with E-state index >= 15 is 0 Å². The van der Waals surface area contributed by atoms with Crippen molar-refractivity contribution in [2.75, 3.05) is 11.6 Å².